The number of rotatable bonds is 7. The van der Waals surface area contributed by atoms with E-state index in [1.54, 1.807) is 12.1 Å². The van der Waals surface area contributed by atoms with Crippen LogP contribution in [0.2, 0.25) is 0 Å². The number of carbonyl (C=O) groups excluding carboxylic acids is 1. The van der Waals surface area contributed by atoms with Crippen molar-refractivity contribution in [3.05, 3.63) is 52.4 Å². The molecule has 0 unspecified atom stereocenters. The number of benzene rings is 1. The molecule has 0 fully saturated rings. The Morgan fingerprint density at radius 1 is 1.17 bits per heavy atom. The number of unbranched alkanes of at least 4 members (excludes halogenated alkanes) is 1. The summed E-state index contributed by atoms with van der Waals surface area (Å²) < 4.78 is 30.8. The van der Waals surface area contributed by atoms with E-state index < -0.39 is 9.84 Å². The first-order chi connectivity index (χ1) is 10.9. The Labute approximate surface area is 144 Å². The fraction of sp³-hybridized carbons (Fsp3) is 0.312. The van der Waals surface area contributed by atoms with E-state index in [1.165, 1.54) is 24.3 Å². The summed E-state index contributed by atoms with van der Waals surface area (Å²) in [7, 11) is -3.51. The Kier molecular flexibility index (Phi) is 6.01. The SMILES string of the molecule is CCCCNC(=O)c1ccc(CS(=O)(=O)c2ccc(Br)cc2)o1. The third kappa shape index (κ3) is 4.94. The van der Waals surface area contributed by atoms with E-state index in [1.807, 2.05) is 6.92 Å². The van der Waals surface area contributed by atoms with Crippen molar-refractivity contribution in [2.24, 2.45) is 0 Å². The third-order valence-corrected chi connectivity index (χ3v) is 5.39. The molecule has 23 heavy (non-hydrogen) atoms. The molecule has 0 spiro atoms. The second-order valence-electron chi connectivity index (χ2n) is 5.09. The minimum absolute atomic E-state index is 0.127. The number of furan rings is 1. The van der Waals surface area contributed by atoms with Gasteiger partial charge in [0.05, 0.1) is 4.90 Å². The number of sulfone groups is 1. The van der Waals surface area contributed by atoms with Crippen LogP contribution in [-0.2, 0) is 15.6 Å². The molecule has 1 aromatic heterocycles. The van der Waals surface area contributed by atoms with Crippen LogP contribution in [0, 0.1) is 0 Å². The molecule has 0 radical (unpaired) electrons. The Morgan fingerprint density at radius 3 is 2.52 bits per heavy atom. The Hall–Kier alpha value is -1.60. The molecule has 0 atom stereocenters. The third-order valence-electron chi connectivity index (χ3n) is 3.21. The highest BCUT2D eigenvalue weighted by Crippen LogP contribution is 2.20. The molecule has 2 rings (SSSR count). The summed E-state index contributed by atoms with van der Waals surface area (Å²) in [5.41, 5.74) is 0. The molecule has 0 bridgehead atoms. The molecule has 124 valence electrons. The van der Waals surface area contributed by atoms with Crippen LogP contribution in [0.3, 0.4) is 0 Å². The van der Waals surface area contributed by atoms with Crippen molar-refractivity contribution < 1.29 is 17.6 Å². The van der Waals surface area contributed by atoms with Crippen LogP contribution in [0.15, 0.2) is 50.2 Å². The predicted molar refractivity (Wildman–Crippen MR) is 91.0 cm³/mol. The van der Waals surface area contributed by atoms with Gasteiger partial charge in [-0.3, -0.25) is 4.79 Å². The lowest BCUT2D eigenvalue weighted by molar-refractivity contribution is 0.0924. The molecule has 2 aromatic rings. The molecular weight excluding hydrogens is 382 g/mol. The van der Waals surface area contributed by atoms with Crippen molar-refractivity contribution >= 4 is 31.7 Å². The number of amides is 1. The van der Waals surface area contributed by atoms with Crippen LogP contribution in [0.5, 0.6) is 0 Å². The Bertz CT molecular complexity index is 766. The molecule has 0 aliphatic rings. The zero-order valence-electron chi connectivity index (χ0n) is 12.7. The topological polar surface area (TPSA) is 76.4 Å². The molecule has 1 N–H and O–H groups in total. The molecule has 1 heterocycles. The zero-order valence-corrected chi connectivity index (χ0v) is 15.1. The fourth-order valence-corrected chi connectivity index (χ4v) is 3.47. The normalized spacial score (nSPS) is 11.4. The van der Waals surface area contributed by atoms with Gasteiger partial charge in [-0.25, -0.2) is 8.42 Å². The quantitative estimate of drug-likeness (QED) is 0.722. The van der Waals surface area contributed by atoms with E-state index >= 15 is 0 Å². The molecule has 0 saturated carbocycles. The largest absolute Gasteiger partial charge is 0.455 e. The standard InChI is InChI=1S/C16H18BrNO4S/c1-2-3-10-18-16(19)15-9-6-13(22-15)11-23(20,21)14-7-4-12(17)5-8-14/h4-9H,2-3,10-11H2,1H3,(H,18,19). The number of carbonyl (C=O) groups is 1. The highest BCUT2D eigenvalue weighted by atomic mass is 79.9. The molecule has 1 amide bonds. The van der Waals surface area contributed by atoms with Gasteiger partial charge in [-0.1, -0.05) is 29.3 Å². The average Bonchev–Trinajstić information content (AvgIpc) is 2.95. The monoisotopic (exact) mass is 399 g/mol. The van der Waals surface area contributed by atoms with Crippen molar-refractivity contribution in [1.82, 2.24) is 5.32 Å². The second-order valence-corrected chi connectivity index (χ2v) is 7.99. The highest BCUT2D eigenvalue weighted by Gasteiger charge is 2.19. The average molecular weight is 400 g/mol. The van der Waals surface area contributed by atoms with Gasteiger partial charge in [0.15, 0.2) is 15.6 Å². The lowest BCUT2D eigenvalue weighted by Gasteiger charge is -2.03. The van der Waals surface area contributed by atoms with Gasteiger partial charge in [0.2, 0.25) is 0 Å². The smallest absolute Gasteiger partial charge is 0.286 e. The minimum Gasteiger partial charge on any atom is -0.455 e. The summed E-state index contributed by atoms with van der Waals surface area (Å²) in [5, 5.41) is 2.73. The fourth-order valence-electron chi connectivity index (χ4n) is 1.96. The van der Waals surface area contributed by atoms with E-state index in [2.05, 4.69) is 21.2 Å². The number of halogens is 1. The second kappa shape index (κ2) is 7.79. The van der Waals surface area contributed by atoms with E-state index in [4.69, 9.17) is 4.42 Å². The van der Waals surface area contributed by atoms with E-state index in [-0.39, 0.29) is 28.1 Å². The summed E-state index contributed by atoms with van der Waals surface area (Å²) in [6, 6.07) is 9.41. The minimum atomic E-state index is -3.51. The van der Waals surface area contributed by atoms with E-state index in [0.29, 0.717) is 6.54 Å². The van der Waals surface area contributed by atoms with Crippen molar-refractivity contribution in [2.75, 3.05) is 6.54 Å². The van der Waals surface area contributed by atoms with Gasteiger partial charge < -0.3 is 9.73 Å². The summed E-state index contributed by atoms with van der Waals surface area (Å²) >= 11 is 3.27. The van der Waals surface area contributed by atoms with E-state index in [9.17, 15) is 13.2 Å². The van der Waals surface area contributed by atoms with Crippen LogP contribution >= 0.6 is 15.9 Å². The summed E-state index contributed by atoms with van der Waals surface area (Å²) in [6.07, 6.45) is 1.87. The number of hydrogen-bond donors (Lipinski definition) is 1. The van der Waals surface area contributed by atoms with Gasteiger partial charge in [0, 0.05) is 11.0 Å². The van der Waals surface area contributed by atoms with Crippen LogP contribution < -0.4 is 5.32 Å². The van der Waals surface area contributed by atoms with Crippen LogP contribution in [0.4, 0.5) is 0 Å². The molecule has 7 heteroatoms. The van der Waals surface area contributed by atoms with Crippen LogP contribution in [0.1, 0.15) is 36.1 Å². The highest BCUT2D eigenvalue weighted by molar-refractivity contribution is 9.10. The van der Waals surface area contributed by atoms with Crippen LogP contribution in [0.25, 0.3) is 0 Å². The molecule has 0 aliphatic heterocycles. The summed E-state index contributed by atoms with van der Waals surface area (Å²) in [4.78, 5) is 12.1. The zero-order chi connectivity index (χ0) is 16.9. The molecule has 0 aliphatic carbocycles. The van der Waals surface area contributed by atoms with E-state index in [0.717, 1.165) is 17.3 Å². The molecule has 1 aromatic carbocycles. The van der Waals surface area contributed by atoms with Crippen molar-refractivity contribution in [3.8, 4) is 0 Å². The van der Waals surface area contributed by atoms with Crippen molar-refractivity contribution in [2.45, 2.75) is 30.4 Å². The van der Waals surface area contributed by atoms with Gasteiger partial charge in [0.25, 0.3) is 5.91 Å². The maximum absolute atomic E-state index is 12.3. The maximum atomic E-state index is 12.3. The number of nitrogens with one attached hydrogen (secondary N) is 1. The Balaban J connectivity index is 2.06. The molecule has 5 nitrogen and oxygen atoms in total. The number of hydrogen-bond acceptors (Lipinski definition) is 4. The van der Waals surface area contributed by atoms with Gasteiger partial charge >= 0.3 is 0 Å². The summed E-state index contributed by atoms with van der Waals surface area (Å²) in [6.45, 7) is 2.60. The predicted octanol–water partition coefficient (Wildman–Crippen LogP) is 3.55. The van der Waals surface area contributed by atoms with Crippen molar-refractivity contribution in [3.63, 3.8) is 0 Å². The lowest BCUT2D eigenvalue weighted by Crippen LogP contribution is -2.23. The van der Waals surface area contributed by atoms with Gasteiger partial charge in [-0.2, -0.15) is 0 Å². The molecular formula is C16H18BrNO4S. The van der Waals surface area contributed by atoms with Gasteiger partial charge in [0.1, 0.15) is 11.5 Å². The van der Waals surface area contributed by atoms with Crippen LogP contribution in [-0.4, -0.2) is 20.9 Å². The van der Waals surface area contributed by atoms with Gasteiger partial charge in [-0.15, -0.1) is 0 Å². The van der Waals surface area contributed by atoms with Crippen molar-refractivity contribution in [1.29, 1.82) is 0 Å². The Morgan fingerprint density at radius 2 is 1.87 bits per heavy atom. The first kappa shape index (κ1) is 17.7. The first-order valence-electron chi connectivity index (χ1n) is 7.27. The summed E-state index contributed by atoms with van der Waals surface area (Å²) in [5.74, 6) is -0.238. The first-order valence-corrected chi connectivity index (χ1v) is 9.72. The molecule has 0 saturated heterocycles. The van der Waals surface area contributed by atoms with Gasteiger partial charge in [-0.05, 0) is 42.8 Å². The maximum Gasteiger partial charge on any atom is 0.286 e. The lowest BCUT2D eigenvalue weighted by atomic mass is 10.3.